The minimum atomic E-state index is -3.59. The van der Waals surface area contributed by atoms with Crippen molar-refractivity contribution in [1.29, 1.82) is 0 Å². The van der Waals surface area contributed by atoms with E-state index in [4.69, 9.17) is 5.73 Å². The number of aromatic nitrogens is 1. The highest BCUT2D eigenvalue weighted by Crippen LogP contribution is 2.29. The smallest absolute Gasteiger partial charge is 0.243 e. The Hall–Kier alpha value is -1.66. The van der Waals surface area contributed by atoms with E-state index in [0.717, 1.165) is 19.3 Å². The molecule has 3 N–H and O–H groups in total. The minimum Gasteiger partial charge on any atom is -0.398 e. The number of hydrogen-bond acceptors (Lipinski definition) is 4. The molecular weight excluding hydrogens is 286 g/mol. The molecule has 1 aliphatic carbocycles. The molecule has 2 aromatic rings. The summed E-state index contributed by atoms with van der Waals surface area (Å²) in [6.07, 6.45) is 4.60. The fourth-order valence-electron chi connectivity index (χ4n) is 2.97. The Morgan fingerprint density at radius 2 is 2.10 bits per heavy atom. The van der Waals surface area contributed by atoms with Crippen molar-refractivity contribution < 1.29 is 8.42 Å². The molecule has 1 aromatic heterocycles. The van der Waals surface area contributed by atoms with Crippen molar-refractivity contribution in [3.8, 4) is 0 Å². The monoisotopic (exact) mass is 305 g/mol. The maximum Gasteiger partial charge on any atom is 0.243 e. The fraction of sp³-hybridized carbons (Fsp3) is 0.400. The summed E-state index contributed by atoms with van der Waals surface area (Å²) < 4.78 is 28.2. The van der Waals surface area contributed by atoms with Crippen LogP contribution in [0.4, 0.5) is 5.69 Å². The van der Waals surface area contributed by atoms with Crippen LogP contribution in [0.2, 0.25) is 0 Å². The van der Waals surface area contributed by atoms with E-state index in [9.17, 15) is 8.42 Å². The van der Waals surface area contributed by atoms with E-state index in [1.165, 1.54) is 6.07 Å². The van der Waals surface area contributed by atoms with Gasteiger partial charge in [0.1, 0.15) is 4.90 Å². The normalized spacial score (nSPS) is 22.7. The van der Waals surface area contributed by atoms with Crippen LogP contribution >= 0.6 is 0 Å². The Labute approximate surface area is 124 Å². The third kappa shape index (κ3) is 2.61. The van der Waals surface area contributed by atoms with Crippen LogP contribution in [0.25, 0.3) is 10.9 Å². The summed E-state index contributed by atoms with van der Waals surface area (Å²) in [6.45, 7) is 2.08. The number of nitrogens with zero attached hydrogens (tertiary/aromatic N) is 1. The Bertz CT molecular complexity index is 774. The van der Waals surface area contributed by atoms with Gasteiger partial charge in [0.2, 0.25) is 10.0 Å². The highest BCUT2D eigenvalue weighted by Gasteiger charge is 2.29. The highest BCUT2D eigenvalue weighted by atomic mass is 32.2. The first-order chi connectivity index (χ1) is 9.99. The summed E-state index contributed by atoms with van der Waals surface area (Å²) in [5.41, 5.74) is 6.86. The van der Waals surface area contributed by atoms with Crippen molar-refractivity contribution in [2.24, 2.45) is 5.92 Å². The molecule has 1 fully saturated rings. The number of rotatable bonds is 3. The first-order valence-corrected chi connectivity index (χ1v) is 8.63. The number of pyridine rings is 1. The second-order valence-corrected chi connectivity index (χ2v) is 7.37. The second-order valence-electron chi connectivity index (χ2n) is 5.69. The summed E-state index contributed by atoms with van der Waals surface area (Å²) >= 11 is 0. The largest absolute Gasteiger partial charge is 0.398 e. The molecule has 3 rings (SSSR count). The molecule has 2 atom stereocenters. The van der Waals surface area contributed by atoms with E-state index in [-0.39, 0.29) is 10.9 Å². The first-order valence-electron chi connectivity index (χ1n) is 7.14. The van der Waals surface area contributed by atoms with Gasteiger partial charge in [-0.05, 0) is 43.0 Å². The number of anilines is 1. The van der Waals surface area contributed by atoms with Crippen LogP contribution in [0.3, 0.4) is 0 Å². The number of fused-ring (bicyclic) bond motifs is 1. The zero-order valence-corrected chi connectivity index (χ0v) is 12.7. The molecule has 1 saturated carbocycles. The summed E-state index contributed by atoms with van der Waals surface area (Å²) in [6, 6.07) is 6.70. The van der Waals surface area contributed by atoms with Gasteiger partial charge >= 0.3 is 0 Å². The Morgan fingerprint density at radius 1 is 1.29 bits per heavy atom. The number of nitrogens with one attached hydrogen (secondary N) is 1. The average Bonchev–Trinajstić information content (AvgIpc) is 2.84. The van der Waals surface area contributed by atoms with Gasteiger partial charge in [0.15, 0.2) is 0 Å². The van der Waals surface area contributed by atoms with Gasteiger partial charge < -0.3 is 5.73 Å². The van der Waals surface area contributed by atoms with E-state index in [1.807, 2.05) is 0 Å². The molecule has 0 saturated heterocycles. The molecule has 1 heterocycles. The molecule has 0 bridgehead atoms. The van der Waals surface area contributed by atoms with Crippen molar-refractivity contribution in [1.82, 2.24) is 9.71 Å². The SMILES string of the molecule is CC1CCCC1NS(=O)(=O)c1ccc(N)c2cccnc12. The number of benzene rings is 1. The number of nitrogens with two attached hydrogens (primary N) is 1. The van der Waals surface area contributed by atoms with Crippen LogP contribution in [0, 0.1) is 5.92 Å². The lowest BCUT2D eigenvalue weighted by molar-refractivity contribution is 0.477. The van der Waals surface area contributed by atoms with Crippen molar-refractivity contribution in [3.63, 3.8) is 0 Å². The molecule has 0 amide bonds. The van der Waals surface area contributed by atoms with Gasteiger partial charge in [-0.2, -0.15) is 0 Å². The summed E-state index contributed by atoms with van der Waals surface area (Å²) in [4.78, 5) is 4.40. The van der Waals surface area contributed by atoms with Gasteiger partial charge in [0.05, 0.1) is 5.52 Å². The highest BCUT2D eigenvalue weighted by molar-refractivity contribution is 7.89. The molecule has 0 aliphatic heterocycles. The lowest BCUT2D eigenvalue weighted by Crippen LogP contribution is -2.36. The Morgan fingerprint density at radius 3 is 2.81 bits per heavy atom. The third-order valence-electron chi connectivity index (χ3n) is 4.22. The van der Waals surface area contributed by atoms with Crippen molar-refractivity contribution >= 4 is 26.6 Å². The number of sulfonamides is 1. The molecule has 6 heteroatoms. The van der Waals surface area contributed by atoms with Crippen LogP contribution < -0.4 is 10.5 Å². The maximum atomic E-state index is 12.7. The van der Waals surface area contributed by atoms with Crippen LogP contribution in [-0.4, -0.2) is 19.4 Å². The predicted octanol–water partition coefficient (Wildman–Crippen LogP) is 2.28. The van der Waals surface area contributed by atoms with Gasteiger partial charge in [-0.15, -0.1) is 0 Å². The quantitative estimate of drug-likeness (QED) is 0.852. The molecule has 1 aliphatic rings. The van der Waals surface area contributed by atoms with E-state index in [2.05, 4.69) is 16.6 Å². The van der Waals surface area contributed by atoms with Gasteiger partial charge in [0, 0.05) is 23.3 Å². The van der Waals surface area contributed by atoms with E-state index >= 15 is 0 Å². The molecule has 2 unspecified atom stereocenters. The van der Waals surface area contributed by atoms with E-state index in [1.54, 1.807) is 24.4 Å². The maximum absolute atomic E-state index is 12.7. The van der Waals surface area contributed by atoms with E-state index < -0.39 is 10.0 Å². The van der Waals surface area contributed by atoms with Crippen molar-refractivity contribution in [3.05, 3.63) is 30.5 Å². The van der Waals surface area contributed by atoms with E-state index in [0.29, 0.717) is 22.5 Å². The standard InChI is InChI=1S/C15H19N3O2S/c1-10-4-2-6-13(10)18-21(19,20)14-8-7-12(16)11-5-3-9-17-15(11)14/h3,5,7-10,13,18H,2,4,6,16H2,1H3. The van der Waals surface area contributed by atoms with Crippen molar-refractivity contribution in [2.75, 3.05) is 5.73 Å². The Balaban J connectivity index is 2.05. The molecule has 0 spiro atoms. The van der Waals surface area contributed by atoms with Crippen LogP contribution in [0.5, 0.6) is 0 Å². The topological polar surface area (TPSA) is 85.1 Å². The third-order valence-corrected chi connectivity index (χ3v) is 5.75. The van der Waals surface area contributed by atoms with Gasteiger partial charge in [-0.25, -0.2) is 13.1 Å². The minimum absolute atomic E-state index is 0.00585. The molecule has 5 nitrogen and oxygen atoms in total. The average molecular weight is 305 g/mol. The van der Waals surface area contributed by atoms with Crippen LogP contribution in [0.15, 0.2) is 35.4 Å². The number of hydrogen-bond donors (Lipinski definition) is 2. The van der Waals surface area contributed by atoms with Gasteiger partial charge in [-0.1, -0.05) is 13.3 Å². The summed E-state index contributed by atoms with van der Waals surface area (Å²) in [7, 11) is -3.59. The lowest BCUT2D eigenvalue weighted by atomic mass is 10.1. The molecule has 112 valence electrons. The molecule has 0 radical (unpaired) electrons. The van der Waals surface area contributed by atoms with Crippen molar-refractivity contribution in [2.45, 2.75) is 37.1 Å². The fourth-order valence-corrected chi connectivity index (χ4v) is 4.51. The molecular formula is C15H19N3O2S. The van der Waals surface area contributed by atoms with Crippen LogP contribution in [-0.2, 0) is 10.0 Å². The predicted molar refractivity (Wildman–Crippen MR) is 83.3 cm³/mol. The van der Waals surface area contributed by atoms with Gasteiger partial charge in [-0.3, -0.25) is 4.98 Å². The lowest BCUT2D eigenvalue weighted by Gasteiger charge is -2.18. The summed E-state index contributed by atoms with van der Waals surface area (Å²) in [5.74, 6) is 0.368. The molecule has 1 aromatic carbocycles. The number of nitrogen functional groups attached to an aromatic ring is 1. The van der Waals surface area contributed by atoms with Crippen LogP contribution in [0.1, 0.15) is 26.2 Å². The Kier molecular flexibility index (Phi) is 3.59. The second kappa shape index (κ2) is 5.27. The first kappa shape index (κ1) is 14.3. The zero-order valence-electron chi connectivity index (χ0n) is 11.9. The van der Waals surface area contributed by atoms with Gasteiger partial charge in [0.25, 0.3) is 0 Å². The zero-order chi connectivity index (χ0) is 15.0. The molecule has 21 heavy (non-hydrogen) atoms. The summed E-state index contributed by atoms with van der Waals surface area (Å²) in [5, 5.41) is 0.667.